The molecule has 1 aromatic carbocycles. The summed E-state index contributed by atoms with van der Waals surface area (Å²) in [6.45, 7) is 4.31. The molecule has 0 radical (unpaired) electrons. The van der Waals surface area contributed by atoms with Crippen molar-refractivity contribution in [2.24, 2.45) is 5.92 Å². The van der Waals surface area contributed by atoms with Crippen LogP contribution in [0.3, 0.4) is 0 Å². The van der Waals surface area contributed by atoms with E-state index in [1.54, 1.807) is 0 Å². The highest BCUT2D eigenvalue weighted by molar-refractivity contribution is 7.21. The lowest BCUT2D eigenvalue weighted by molar-refractivity contribution is 0.0319. The van der Waals surface area contributed by atoms with Crippen molar-refractivity contribution < 1.29 is 15.0 Å². The summed E-state index contributed by atoms with van der Waals surface area (Å²) in [6.07, 6.45) is 0.519. The minimum Gasteiger partial charge on any atom is -0.477 e. The quantitative estimate of drug-likeness (QED) is 0.915. The minimum atomic E-state index is -0.851. The number of benzene rings is 1. The van der Waals surface area contributed by atoms with Crippen molar-refractivity contribution in [3.8, 4) is 0 Å². The van der Waals surface area contributed by atoms with E-state index in [1.807, 2.05) is 31.2 Å². The van der Waals surface area contributed by atoms with E-state index in [1.165, 1.54) is 11.3 Å². The molecule has 0 saturated carbocycles. The van der Waals surface area contributed by atoms with E-state index in [4.69, 9.17) is 0 Å². The van der Waals surface area contributed by atoms with Crippen LogP contribution in [0, 0.1) is 5.92 Å². The Balaban J connectivity index is 1.92. The number of carboxylic acid groups (broad SMARTS) is 1. The van der Waals surface area contributed by atoms with Crippen LogP contribution in [0.4, 0.5) is 0 Å². The molecule has 2 aromatic rings. The van der Waals surface area contributed by atoms with E-state index < -0.39 is 5.97 Å². The third-order valence-corrected chi connectivity index (χ3v) is 5.42. The second-order valence-electron chi connectivity index (χ2n) is 5.78. The van der Waals surface area contributed by atoms with Crippen LogP contribution in [0.15, 0.2) is 24.3 Å². The number of aliphatic hydroxyl groups excluding tert-OH is 1. The van der Waals surface area contributed by atoms with Crippen molar-refractivity contribution in [2.75, 3.05) is 13.1 Å². The zero-order valence-corrected chi connectivity index (χ0v) is 12.8. The number of aromatic carboxylic acids is 1. The Bertz CT molecular complexity index is 667. The largest absolute Gasteiger partial charge is 0.477 e. The Morgan fingerprint density at radius 2 is 2.19 bits per heavy atom. The summed E-state index contributed by atoms with van der Waals surface area (Å²) in [5.41, 5.74) is 0.909. The van der Waals surface area contributed by atoms with Crippen molar-refractivity contribution in [3.63, 3.8) is 0 Å². The first-order valence-corrected chi connectivity index (χ1v) is 8.02. The van der Waals surface area contributed by atoms with Gasteiger partial charge in [-0.2, -0.15) is 0 Å². The van der Waals surface area contributed by atoms with Gasteiger partial charge < -0.3 is 10.2 Å². The highest BCUT2D eigenvalue weighted by atomic mass is 32.1. The molecule has 2 unspecified atom stereocenters. The summed E-state index contributed by atoms with van der Waals surface area (Å²) in [6, 6.07) is 7.86. The first-order chi connectivity index (χ1) is 10.1. The molecule has 2 heterocycles. The summed E-state index contributed by atoms with van der Waals surface area (Å²) >= 11 is 1.35. The summed E-state index contributed by atoms with van der Waals surface area (Å²) < 4.78 is 1.02. The fourth-order valence-electron chi connectivity index (χ4n) is 3.02. The molecule has 112 valence electrons. The van der Waals surface area contributed by atoms with Gasteiger partial charge in [-0.15, -0.1) is 11.3 Å². The predicted molar refractivity (Wildman–Crippen MR) is 83.8 cm³/mol. The fraction of sp³-hybridized carbons (Fsp3) is 0.438. The third-order valence-electron chi connectivity index (χ3n) is 4.22. The number of likely N-dealkylation sites (tertiary alicyclic amines) is 1. The summed E-state index contributed by atoms with van der Waals surface area (Å²) in [4.78, 5) is 14.2. The Labute approximate surface area is 127 Å². The maximum absolute atomic E-state index is 11.5. The Hall–Kier alpha value is -1.43. The highest BCUT2D eigenvalue weighted by Gasteiger charge is 2.26. The molecule has 1 aromatic heterocycles. The molecule has 0 aliphatic carbocycles. The van der Waals surface area contributed by atoms with Gasteiger partial charge in [0.1, 0.15) is 4.88 Å². The van der Waals surface area contributed by atoms with Crippen LogP contribution in [0.1, 0.15) is 28.6 Å². The Kier molecular flexibility index (Phi) is 3.97. The van der Waals surface area contributed by atoms with Crippen molar-refractivity contribution in [1.82, 2.24) is 4.90 Å². The molecule has 0 amide bonds. The summed E-state index contributed by atoms with van der Waals surface area (Å²) in [7, 11) is 0. The molecule has 0 spiro atoms. The van der Waals surface area contributed by atoms with Crippen LogP contribution in [-0.2, 0) is 6.54 Å². The number of hydrogen-bond acceptors (Lipinski definition) is 4. The first-order valence-electron chi connectivity index (χ1n) is 7.20. The minimum absolute atomic E-state index is 0.233. The average Bonchev–Trinajstić information content (AvgIpc) is 2.82. The standard InChI is InChI=1S/C16H19NO3S/c1-10-8-17(7-6-13(10)18)9-12-11-4-2-3-5-14(11)21-15(12)16(19)20/h2-5,10,13,18H,6-9H2,1H3,(H,19,20). The van der Waals surface area contributed by atoms with E-state index in [0.717, 1.165) is 35.2 Å². The lowest BCUT2D eigenvalue weighted by Crippen LogP contribution is -2.41. The monoisotopic (exact) mass is 305 g/mol. The molecule has 0 bridgehead atoms. The predicted octanol–water partition coefficient (Wildman–Crippen LogP) is 2.80. The van der Waals surface area contributed by atoms with Gasteiger partial charge in [0, 0.05) is 24.3 Å². The van der Waals surface area contributed by atoms with Crippen molar-refractivity contribution in [2.45, 2.75) is 26.0 Å². The van der Waals surface area contributed by atoms with Crippen LogP contribution in [0.5, 0.6) is 0 Å². The molecule has 1 saturated heterocycles. The van der Waals surface area contributed by atoms with Crippen LogP contribution in [-0.4, -0.2) is 40.3 Å². The zero-order valence-electron chi connectivity index (χ0n) is 12.0. The second kappa shape index (κ2) is 5.75. The van der Waals surface area contributed by atoms with E-state index in [9.17, 15) is 15.0 Å². The van der Waals surface area contributed by atoms with Crippen molar-refractivity contribution >= 4 is 27.4 Å². The van der Waals surface area contributed by atoms with Gasteiger partial charge in [0.05, 0.1) is 6.10 Å². The molecule has 4 nitrogen and oxygen atoms in total. The molecule has 1 aliphatic rings. The zero-order chi connectivity index (χ0) is 15.0. The third kappa shape index (κ3) is 2.81. The smallest absolute Gasteiger partial charge is 0.346 e. The Morgan fingerprint density at radius 1 is 1.43 bits per heavy atom. The lowest BCUT2D eigenvalue weighted by Gasteiger charge is -2.34. The Morgan fingerprint density at radius 3 is 2.90 bits per heavy atom. The van der Waals surface area contributed by atoms with Crippen LogP contribution >= 0.6 is 11.3 Å². The number of aliphatic hydroxyl groups is 1. The molecule has 2 atom stereocenters. The number of nitrogens with zero attached hydrogens (tertiary/aromatic N) is 1. The fourth-order valence-corrected chi connectivity index (χ4v) is 4.07. The lowest BCUT2D eigenvalue weighted by atomic mass is 9.96. The topological polar surface area (TPSA) is 60.8 Å². The number of carboxylic acids is 1. The average molecular weight is 305 g/mol. The maximum atomic E-state index is 11.5. The van der Waals surface area contributed by atoms with Crippen LogP contribution in [0.25, 0.3) is 10.1 Å². The first kappa shape index (κ1) is 14.5. The second-order valence-corrected chi connectivity index (χ2v) is 6.83. The summed E-state index contributed by atoms with van der Waals surface area (Å²) in [5, 5.41) is 20.3. The van der Waals surface area contributed by atoms with Gasteiger partial charge in [-0.1, -0.05) is 25.1 Å². The van der Waals surface area contributed by atoms with Crippen molar-refractivity contribution in [3.05, 3.63) is 34.7 Å². The van der Waals surface area contributed by atoms with E-state index in [-0.39, 0.29) is 12.0 Å². The SMILES string of the molecule is CC1CN(Cc2c(C(=O)O)sc3ccccc23)CCC1O. The number of fused-ring (bicyclic) bond motifs is 1. The molecule has 1 fully saturated rings. The van der Waals surface area contributed by atoms with Gasteiger partial charge in [0.2, 0.25) is 0 Å². The van der Waals surface area contributed by atoms with Gasteiger partial charge in [-0.25, -0.2) is 4.79 Å². The number of piperidine rings is 1. The van der Waals surface area contributed by atoms with E-state index >= 15 is 0 Å². The van der Waals surface area contributed by atoms with E-state index in [0.29, 0.717) is 11.4 Å². The van der Waals surface area contributed by atoms with Gasteiger partial charge >= 0.3 is 5.97 Å². The normalized spacial score (nSPS) is 23.5. The molecular weight excluding hydrogens is 286 g/mol. The van der Waals surface area contributed by atoms with Crippen LogP contribution in [0.2, 0.25) is 0 Å². The number of carbonyl (C=O) groups is 1. The van der Waals surface area contributed by atoms with Gasteiger partial charge in [-0.05, 0) is 29.4 Å². The number of thiophene rings is 1. The van der Waals surface area contributed by atoms with Gasteiger partial charge in [0.15, 0.2) is 0 Å². The van der Waals surface area contributed by atoms with Gasteiger partial charge in [-0.3, -0.25) is 4.90 Å². The highest BCUT2D eigenvalue weighted by Crippen LogP contribution is 2.33. The van der Waals surface area contributed by atoms with Crippen LogP contribution < -0.4 is 0 Å². The molecular formula is C16H19NO3S. The molecule has 1 aliphatic heterocycles. The maximum Gasteiger partial charge on any atom is 0.346 e. The molecule has 2 N–H and O–H groups in total. The molecule has 5 heteroatoms. The van der Waals surface area contributed by atoms with Gasteiger partial charge in [0.25, 0.3) is 0 Å². The number of rotatable bonds is 3. The molecule has 21 heavy (non-hydrogen) atoms. The summed E-state index contributed by atoms with van der Waals surface area (Å²) in [5.74, 6) is -0.617. The number of hydrogen-bond donors (Lipinski definition) is 2. The molecule has 3 rings (SSSR count). The van der Waals surface area contributed by atoms with E-state index in [2.05, 4.69) is 4.90 Å². The van der Waals surface area contributed by atoms with Crippen molar-refractivity contribution in [1.29, 1.82) is 0 Å².